The maximum absolute atomic E-state index is 12.7. The number of ketones is 1. The van der Waals surface area contributed by atoms with Crippen molar-refractivity contribution in [1.82, 2.24) is 4.90 Å². The molecule has 146 valence electrons. The molecular formula is C20H22IN5O2. The predicted molar refractivity (Wildman–Crippen MR) is 119 cm³/mol. The Labute approximate surface area is 177 Å². The fourth-order valence-electron chi connectivity index (χ4n) is 3.49. The Morgan fingerprint density at radius 2 is 1.93 bits per heavy atom. The molecule has 1 N–H and O–H groups in total. The molecule has 1 saturated heterocycles. The Hall–Kier alpha value is -2.29. The molecule has 0 aromatic heterocycles. The van der Waals surface area contributed by atoms with Crippen LogP contribution in [0.2, 0.25) is 0 Å². The first-order valence-electron chi connectivity index (χ1n) is 9.04. The quantitative estimate of drug-likeness (QED) is 0.219. The van der Waals surface area contributed by atoms with Crippen molar-refractivity contribution in [3.63, 3.8) is 0 Å². The van der Waals surface area contributed by atoms with Crippen LogP contribution < -0.4 is 4.90 Å². The molecule has 1 fully saturated rings. The number of hydrogen-bond donors (Lipinski definition) is 1. The van der Waals surface area contributed by atoms with Crippen LogP contribution in [0.15, 0.2) is 35.4 Å². The lowest BCUT2D eigenvalue weighted by molar-refractivity contribution is 0.0923. The minimum Gasteiger partial charge on any atom is -0.507 e. The van der Waals surface area contributed by atoms with Crippen molar-refractivity contribution >= 4 is 39.7 Å². The highest BCUT2D eigenvalue weighted by Crippen LogP contribution is 2.30. The number of carbonyl (C=O) groups excluding carboxylic acids is 1. The normalized spacial score (nSPS) is 14.6. The molecule has 0 radical (unpaired) electrons. The van der Waals surface area contributed by atoms with Gasteiger partial charge in [-0.1, -0.05) is 22.8 Å². The average Bonchev–Trinajstić information content (AvgIpc) is 2.65. The van der Waals surface area contributed by atoms with Crippen molar-refractivity contribution in [2.45, 2.75) is 13.8 Å². The number of aryl methyl sites for hydroxylation is 2. The van der Waals surface area contributed by atoms with Gasteiger partial charge in [-0.15, -0.1) is 0 Å². The van der Waals surface area contributed by atoms with E-state index in [2.05, 4.69) is 51.9 Å². The summed E-state index contributed by atoms with van der Waals surface area (Å²) in [4.78, 5) is 19.9. The molecule has 28 heavy (non-hydrogen) atoms. The molecule has 0 atom stereocenters. The zero-order valence-electron chi connectivity index (χ0n) is 15.9. The summed E-state index contributed by atoms with van der Waals surface area (Å²) in [5.41, 5.74) is 12.9. The maximum Gasteiger partial charge on any atom is 0.180 e. The number of Topliss-reactive ketones (excluding diaryl/α,β-unsaturated/α-hetero) is 1. The number of benzene rings is 2. The minimum atomic E-state index is -0.151. The molecule has 1 aliphatic heterocycles. The van der Waals surface area contributed by atoms with E-state index in [1.54, 1.807) is 6.07 Å². The van der Waals surface area contributed by atoms with Crippen LogP contribution in [0, 0.1) is 17.4 Å². The van der Waals surface area contributed by atoms with Gasteiger partial charge in [-0.2, -0.15) is 0 Å². The third-order valence-electron chi connectivity index (χ3n) is 4.95. The van der Waals surface area contributed by atoms with Crippen LogP contribution in [0.3, 0.4) is 0 Å². The summed E-state index contributed by atoms with van der Waals surface area (Å²) >= 11 is 2.00. The number of phenols is 1. The first-order chi connectivity index (χ1) is 13.4. The molecule has 0 spiro atoms. The van der Waals surface area contributed by atoms with Crippen molar-refractivity contribution < 1.29 is 9.90 Å². The molecule has 2 aromatic carbocycles. The predicted octanol–water partition coefficient (Wildman–Crippen LogP) is 4.56. The van der Waals surface area contributed by atoms with E-state index in [1.165, 1.54) is 22.9 Å². The minimum absolute atomic E-state index is 0.136. The summed E-state index contributed by atoms with van der Waals surface area (Å²) in [7, 11) is 0. The number of aromatic hydroxyl groups is 1. The summed E-state index contributed by atoms with van der Waals surface area (Å²) in [6.45, 7) is 7.76. The molecule has 0 saturated carbocycles. The largest absolute Gasteiger partial charge is 0.507 e. The zero-order valence-corrected chi connectivity index (χ0v) is 18.0. The van der Waals surface area contributed by atoms with Crippen molar-refractivity contribution in [3.05, 3.63) is 61.0 Å². The van der Waals surface area contributed by atoms with E-state index in [-0.39, 0.29) is 23.6 Å². The number of halogens is 1. The van der Waals surface area contributed by atoms with Gasteiger partial charge in [0.1, 0.15) is 5.75 Å². The van der Waals surface area contributed by atoms with E-state index in [0.29, 0.717) is 9.26 Å². The van der Waals surface area contributed by atoms with Gasteiger partial charge >= 0.3 is 0 Å². The molecule has 1 aliphatic rings. The first kappa shape index (κ1) is 20.4. The lowest BCUT2D eigenvalue weighted by Crippen LogP contribution is -2.48. The Balaban J connectivity index is 1.64. The Morgan fingerprint density at radius 3 is 2.57 bits per heavy atom. The third-order valence-corrected chi connectivity index (χ3v) is 5.81. The molecule has 1 heterocycles. The van der Waals surface area contributed by atoms with E-state index in [0.717, 1.165) is 26.2 Å². The summed E-state index contributed by atoms with van der Waals surface area (Å²) in [6, 6.07) is 9.40. The number of anilines is 1. The maximum atomic E-state index is 12.7. The average molecular weight is 489 g/mol. The second-order valence-corrected chi connectivity index (χ2v) is 8.15. The van der Waals surface area contributed by atoms with Crippen LogP contribution in [0.1, 0.15) is 21.5 Å². The summed E-state index contributed by atoms with van der Waals surface area (Å²) in [5.74, 6) is -0.287. The van der Waals surface area contributed by atoms with Gasteiger partial charge in [0.05, 0.1) is 17.8 Å². The monoisotopic (exact) mass is 489 g/mol. The van der Waals surface area contributed by atoms with Crippen LogP contribution in [-0.4, -0.2) is 48.5 Å². The summed E-state index contributed by atoms with van der Waals surface area (Å²) in [6.07, 6.45) is 0. The number of carbonyl (C=O) groups is 1. The smallest absolute Gasteiger partial charge is 0.180 e. The molecule has 7 nitrogen and oxygen atoms in total. The third kappa shape index (κ3) is 4.57. The number of nitrogens with zero attached hydrogens (tertiary/aromatic N) is 5. The highest BCUT2D eigenvalue weighted by atomic mass is 125. The number of azide groups is 1. The van der Waals surface area contributed by atoms with Crippen LogP contribution in [0.25, 0.3) is 10.4 Å². The Bertz CT molecular complexity index is 948. The van der Waals surface area contributed by atoms with E-state index in [1.807, 2.05) is 22.6 Å². The molecule has 0 bridgehead atoms. The van der Waals surface area contributed by atoms with Crippen LogP contribution in [0.4, 0.5) is 11.4 Å². The van der Waals surface area contributed by atoms with E-state index in [9.17, 15) is 9.90 Å². The lowest BCUT2D eigenvalue weighted by atomic mass is 10.1. The van der Waals surface area contributed by atoms with Gasteiger partial charge in [0.2, 0.25) is 0 Å². The van der Waals surface area contributed by atoms with Crippen molar-refractivity contribution in [1.29, 1.82) is 0 Å². The van der Waals surface area contributed by atoms with Gasteiger partial charge in [-0.05, 0) is 65.7 Å². The molecule has 3 rings (SSSR count). The summed E-state index contributed by atoms with van der Waals surface area (Å²) in [5, 5.41) is 13.7. The van der Waals surface area contributed by atoms with Gasteiger partial charge < -0.3 is 10.0 Å². The molecule has 0 unspecified atom stereocenters. The first-order valence-corrected chi connectivity index (χ1v) is 10.1. The van der Waals surface area contributed by atoms with Crippen LogP contribution in [-0.2, 0) is 0 Å². The molecule has 8 heteroatoms. The highest BCUT2D eigenvalue weighted by Gasteiger charge is 2.22. The molecule has 0 amide bonds. The zero-order chi connectivity index (χ0) is 20.3. The molecule has 2 aromatic rings. The fraction of sp³-hybridized carbons (Fsp3) is 0.350. The summed E-state index contributed by atoms with van der Waals surface area (Å²) < 4.78 is 0.635. The van der Waals surface area contributed by atoms with Gasteiger partial charge in [0.15, 0.2) is 5.78 Å². The van der Waals surface area contributed by atoms with Gasteiger partial charge in [-0.3, -0.25) is 9.69 Å². The Morgan fingerprint density at radius 1 is 1.21 bits per heavy atom. The Kier molecular flexibility index (Phi) is 6.43. The topological polar surface area (TPSA) is 92.5 Å². The number of hydrogen-bond acceptors (Lipinski definition) is 5. The van der Waals surface area contributed by atoms with Crippen molar-refractivity contribution in [2.24, 2.45) is 5.11 Å². The lowest BCUT2D eigenvalue weighted by Gasteiger charge is -2.36. The number of piperazine rings is 1. The van der Waals surface area contributed by atoms with Gasteiger partial charge in [0, 0.05) is 40.3 Å². The number of rotatable bonds is 5. The van der Waals surface area contributed by atoms with Crippen LogP contribution in [0.5, 0.6) is 5.75 Å². The second-order valence-electron chi connectivity index (χ2n) is 6.99. The molecule has 0 aliphatic carbocycles. The fourth-order valence-corrected chi connectivity index (χ4v) is 4.07. The van der Waals surface area contributed by atoms with Crippen LogP contribution >= 0.6 is 22.6 Å². The molecular weight excluding hydrogens is 467 g/mol. The second kappa shape index (κ2) is 8.81. The highest BCUT2D eigenvalue weighted by molar-refractivity contribution is 14.1. The number of phenolic OH excluding ortho intramolecular Hbond substituents is 1. The van der Waals surface area contributed by atoms with E-state index < -0.39 is 0 Å². The SMILES string of the molecule is Cc1ccc(N2CCN(CC(=O)c3cc([125I])c(N=[N+]=[N-])cc3O)CC2)c(C)c1. The van der Waals surface area contributed by atoms with E-state index in [4.69, 9.17) is 5.53 Å². The van der Waals surface area contributed by atoms with Gasteiger partial charge in [0.25, 0.3) is 0 Å². The van der Waals surface area contributed by atoms with E-state index >= 15 is 0 Å². The van der Waals surface area contributed by atoms with Gasteiger partial charge in [-0.25, -0.2) is 0 Å². The van der Waals surface area contributed by atoms with Crippen molar-refractivity contribution in [3.8, 4) is 5.75 Å². The van der Waals surface area contributed by atoms with Crippen molar-refractivity contribution in [2.75, 3.05) is 37.6 Å². The standard InChI is InChI=1S/C20H22IN5O2/c1-13-3-4-18(14(2)9-13)26-7-5-25(6-8-26)12-20(28)15-10-16(21)17(23-24-22)11-19(15)27/h3-4,9-11,27H,5-8,12H2,1-2H3/i21-2.